The summed E-state index contributed by atoms with van der Waals surface area (Å²) < 4.78 is 26.1. The lowest BCUT2D eigenvalue weighted by Crippen LogP contribution is -2.25. The summed E-state index contributed by atoms with van der Waals surface area (Å²) in [5.41, 5.74) is 2.05. The molecule has 0 aliphatic rings. The monoisotopic (exact) mass is 355 g/mol. The lowest BCUT2D eigenvalue weighted by atomic mass is 10.0. The number of ether oxygens (including phenoxy) is 2. The Hall–Kier alpha value is -3.19. The number of amides is 1. The minimum Gasteiger partial charge on any atom is -0.496 e. The molecule has 134 valence electrons. The first kappa shape index (κ1) is 17.6. The van der Waals surface area contributed by atoms with Gasteiger partial charge in [0.05, 0.1) is 12.7 Å². The molecule has 2 aromatic carbocycles. The van der Waals surface area contributed by atoms with Crippen molar-refractivity contribution in [1.29, 1.82) is 0 Å². The first-order valence-electron chi connectivity index (χ1n) is 7.88. The summed E-state index contributed by atoms with van der Waals surface area (Å²) in [6, 6.07) is 12.0. The van der Waals surface area contributed by atoms with Crippen LogP contribution >= 0.6 is 0 Å². The van der Waals surface area contributed by atoms with Gasteiger partial charge < -0.3 is 19.4 Å². The van der Waals surface area contributed by atoms with Crippen LogP contribution in [-0.4, -0.2) is 36.4 Å². The molecule has 7 heteroatoms. The predicted molar refractivity (Wildman–Crippen MR) is 94.9 cm³/mol. The minimum atomic E-state index is -0.369. The average molecular weight is 355 g/mol. The number of carbonyl (C=O) groups is 1. The van der Waals surface area contributed by atoms with Crippen molar-refractivity contribution in [2.45, 2.75) is 0 Å². The minimum absolute atomic E-state index is 0.105. The van der Waals surface area contributed by atoms with Gasteiger partial charge in [0.25, 0.3) is 5.91 Å². The second-order valence-electron chi connectivity index (χ2n) is 5.47. The van der Waals surface area contributed by atoms with Crippen LogP contribution < -0.4 is 10.1 Å². The fraction of sp³-hybridized carbons (Fsp3) is 0.158. The highest BCUT2D eigenvalue weighted by atomic mass is 19.1. The maximum absolute atomic E-state index is 14.3. The van der Waals surface area contributed by atoms with Crippen LogP contribution in [0.2, 0.25) is 0 Å². The highest BCUT2D eigenvalue weighted by Gasteiger charge is 2.13. The van der Waals surface area contributed by atoms with Gasteiger partial charge in [-0.2, -0.15) is 0 Å². The summed E-state index contributed by atoms with van der Waals surface area (Å²) >= 11 is 0. The number of rotatable bonds is 6. The Bertz CT molecular complexity index is 924. The SMILES string of the molecule is COCNC(=O)c1cn(-c2cccc(-c3c(F)cccc3OC)c2)cn1. The molecule has 0 aliphatic carbocycles. The molecular weight excluding hydrogens is 337 g/mol. The Balaban J connectivity index is 1.94. The highest BCUT2D eigenvalue weighted by Crippen LogP contribution is 2.33. The van der Waals surface area contributed by atoms with E-state index >= 15 is 0 Å². The van der Waals surface area contributed by atoms with Crippen LogP contribution in [0.4, 0.5) is 4.39 Å². The summed E-state index contributed by atoms with van der Waals surface area (Å²) in [5, 5.41) is 2.57. The van der Waals surface area contributed by atoms with E-state index in [0.29, 0.717) is 16.9 Å². The quantitative estimate of drug-likeness (QED) is 0.691. The van der Waals surface area contributed by atoms with Crippen molar-refractivity contribution in [3.8, 4) is 22.6 Å². The zero-order chi connectivity index (χ0) is 18.5. The third-order valence-electron chi connectivity index (χ3n) is 3.82. The van der Waals surface area contributed by atoms with E-state index in [1.165, 1.54) is 26.6 Å². The van der Waals surface area contributed by atoms with E-state index in [1.807, 2.05) is 6.07 Å². The van der Waals surface area contributed by atoms with Gasteiger partial charge >= 0.3 is 0 Å². The van der Waals surface area contributed by atoms with Crippen molar-refractivity contribution < 1.29 is 18.7 Å². The average Bonchev–Trinajstić information content (AvgIpc) is 3.16. The number of benzene rings is 2. The molecular formula is C19H18FN3O3. The van der Waals surface area contributed by atoms with Gasteiger partial charge in [0.1, 0.15) is 30.3 Å². The van der Waals surface area contributed by atoms with Gasteiger partial charge in [0.15, 0.2) is 0 Å². The number of nitrogens with zero attached hydrogens (tertiary/aromatic N) is 2. The Morgan fingerprint density at radius 3 is 2.81 bits per heavy atom. The normalized spacial score (nSPS) is 10.6. The van der Waals surface area contributed by atoms with Crippen LogP contribution in [0.3, 0.4) is 0 Å². The molecule has 3 rings (SSSR count). The number of imidazole rings is 1. The van der Waals surface area contributed by atoms with Crippen molar-refractivity contribution in [3.63, 3.8) is 0 Å². The fourth-order valence-corrected chi connectivity index (χ4v) is 2.59. The van der Waals surface area contributed by atoms with Gasteiger partial charge in [-0.3, -0.25) is 4.79 Å². The molecule has 1 aromatic heterocycles. The lowest BCUT2D eigenvalue weighted by molar-refractivity contribution is 0.0867. The van der Waals surface area contributed by atoms with E-state index < -0.39 is 0 Å². The number of aromatic nitrogens is 2. The Kier molecular flexibility index (Phi) is 5.28. The summed E-state index contributed by atoms with van der Waals surface area (Å²) in [4.78, 5) is 16.0. The summed E-state index contributed by atoms with van der Waals surface area (Å²) in [6.45, 7) is 0.105. The van der Waals surface area contributed by atoms with Gasteiger partial charge in [-0.25, -0.2) is 9.37 Å². The topological polar surface area (TPSA) is 65.4 Å². The molecule has 0 unspecified atom stereocenters. The smallest absolute Gasteiger partial charge is 0.273 e. The molecule has 6 nitrogen and oxygen atoms in total. The first-order valence-corrected chi connectivity index (χ1v) is 7.88. The lowest BCUT2D eigenvalue weighted by Gasteiger charge is -2.11. The van der Waals surface area contributed by atoms with Crippen molar-refractivity contribution in [1.82, 2.24) is 14.9 Å². The maximum atomic E-state index is 14.3. The number of carbonyl (C=O) groups excluding carboxylic acids is 1. The number of hydrogen-bond donors (Lipinski definition) is 1. The molecule has 0 saturated heterocycles. The first-order chi connectivity index (χ1) is 12.6. The second kappa shape index (κ2) is 7.79. The Labute approximate surface area is 150 Å². The zero-order valence-electron chi connectivity index (χ0n) is 14.4. The van der Waals surface area contributed by atoms with Gasteiger partial charge in [-0.1, -0.05) is 18.2 Å². The van der Waals surface area contributed by atoms with Crippen LogP contribution in [0.15, 0.2) is 55.0 Å². The van der Waals surface area contributed by atoms with Gasteiger partial charge in [-0.05, 0) is 29.8 Å². The summed E-state index contributed by atoms with van der Waals surface area (Å²) in [7, 11) is 2.99. The van der Waals surface area contributed by atoms with Gasteiger partial charge in [0.2, 0.25) is 0 Å². The van der Waals surface area contributed by atoms with Crippen molar-refractivity contribution in [2.75, 3.05) is 21.0 Å². The molecule has 0 saturated carbocycles. The number of nitrogens with one attached hydrogen (secondary N) is 1. The summed E-state index contributed by atoms with van der Waals surface area (Å²) in [6.07, 6.45) is 3.13. The van der Waals surface area contributed by atoms with Crippen LogP contribution in [0, 0.1) is 5.82 Å². The van der Waals surface area contributed by atoms with E-state index in [2.05, 4.69) is 10.3 Å². The molecule has 0 fully saturated rings. The van der Waals surface area contributed by atoms with Crippen LogP contribution in [0.5, 0.6) is 5.75 Å². The van der Waals surface area contributed by atoms with Crippen LogP contribution in [0.25, 0.3) is 16.8 Å². The van der Waals surface area contributed by atoms with E-state index in [0.717, 1.165) is 5.69 Å². The molecule has 0 spiro atoms. The van der Waals surface area contributed by atoms with Crippen molar-refractivity contribution >= 4 is 5.91 Å². The molecule has 3 aromatic rings. The molecule has 1 heterocycles. The predicted octanol–water partition coefficient (Wildman–Crippen LogP) is 3.02. The molecule has 26 heavy (non-hydrogen) atoms. The molecule has 1 amide bonds. The molecule has 1 N–H and O–H groups in total. The van der Waals surface area contributed by atoms with E-state index in [4.69, 9.17) is 9.47 Å². The Morgan fingerprint density at radius 1 is 1.23 bits per heavy atom. The second-order valence-corrected chi connectivity index (χ2v) is 5.47. The van der Waals surface area contributed by atoms with Crippen LogP contribution in [0.1, 0.15) is 10.5 Å². The third-order valence-corrected chi connectivity index (χ3v) is 3.82. The molecule has 0 bridgehead atoms. The third kappa shape index (κ3) is 3.57. The number of hydrogen-bond acceptors (Lipinski definition) is 4. The van der Waals surface area contributed by atoms with E-state index in [1.54, 1.807) is 41.1 Å². The molecule has 0 radical (unpaired) electrons. The maximum Gasteiger partial charge on any atom is 0.273 e. The zero-order valence-corrected chi connectivity index (χ0v) is 14.4. The largest absolute Gasteiger partial charge is 0.496 e. The standard InChI is InChI=1S/C19H18FN3O3/c1-25-12-22-19(24)16-10-23(11-21-16)14-6-3-5-13(9-14)18-15(20)7-4-8-17(18)26-2/h3-11H,12H2,1-2H3,(H,22,24). The highest BCUT2D eigenvalue weighted by molar-refractivity contribution is 5.92. The van der Waals surface area contributed by atoms with E-state index in [9.17, 15) is 9.18 Å². The van der Waals surface area contributed by atoms with Crippen LogP contribution in [-0.2, 0) is 4.74 Å². The number of halogens is 1. The van der Waals surface area contributed by atoms with E-state index in [-0.39, 0.29) is 24.1 Å². The summed E-state index contributed by atoms with van der Waals surface area (Å²) in [5.74, 6) is -0.253. The van der Waals surface area contributed by atoms with Gasteiger partial charge in [-0.15, -0.1) is 0 Å². The molecule has 0 atom stereocenters. The van der Waals surface area contributed by atoms with Crippen molar-refractivity contribution in [2.24, 2.45) is 0 Å². The van der Waals surface area contributed by atoms with Crippen molar-refractivity contribution in [3.05, 3.63) is 66.5 Å². The number of methoxy groups -OCH3 is 2. The van der Waals surface area contributed by atoms with Gasteiger partial charge in [0, 0.05) is 19.0 Å². The molecule has 0 aliphatic heterocycles. The fourth-order valence-electron chi connectivity index (χ4n) is 2.59. The Morgan fingerprint density at radius 2 is 2.04 bits per heavy atom.